The molecule has 3 heterocycles. The van der Waals surface area contributed by atoms with Crippen molar-refractivity contribution in [1.82, 2.24) is 15.0 Å². The fourth-order valence-corrected chi connectivity index (χ4v) is 4.35. The van der Waals surface area contributed by atoms with Gasteiger partial charge in [0.25, 0.3) is 0 Å². The van der Waals surface area contributed by atoms with Crippen molar-refractivity contribution in [2.45, 2.75) is 65.7 Å². The van der Waals surface area contributed by atoms with Crippen LogP contribution < -0.4 is 15.4 Å². The van der Waals surface area contributed by atoms with E-state index in [9.17, 15) is 15.3 Å². The van der Waals surface area contributed by atoms with Crippen LogP contribution in [-0.2, 0) is 0 Å². The minimum Gasteiger partial charge on any atom is -0.478 e. The Labute approximate surface area is 211 Å². The molecule has 0 aliphatic heterocycles. The van der Waals surface area contributed by atoms with Gasteiger partial charge in [0.05, 0.1) is 36.2 Å². The predicted octanol–water partition coefficient (Wildman–Crippen LogP) is 3.35. The topological polar surface area (TPSA) is 146 Å². The van der Waals surface area contributed by atoms with Gasteiger partial charge in [-0.05, 0) is 31.2 Å². The highest BCUT2D eigenvalue weighted by molar-refractivity contribution is 5.86. The molecule has 0 saturated heterocycles. The van der Waals surface area contributed by atoms with Gasteiger partial charge in [-0.1, -0.05) is 27.7 Å². The molecule has 3 aromatic heterocycles. The summed E-state index contributed by atoms with van der Waals surface area (Å²) in [6.07, 6.45) is 0.852. The Morgan fingerprint density at radius 1 is 1.17 bits per heavy atom. The van der Waals surface area contributed by atoms with Crippen LogP contribution in [0.15, 0.2) is 22.7 Å². The van der Waals surface area contributed by atoms with Crippen molar-refractivity contribution in [3.8, 4) is 17.2 Å². The van der Waals surface area contributed by atoms with E-state index in [0.717, 1.165) is 11.8 Å². The SMILES string of the molecule is CCCOc1cc2cc(-c3c(C)nc(NCC(C)(C)C)nc3N[C@@H]3C[C@H](CO)[C@@H](O)[C@H]3O)oc2cn1. The molecule has 0 radical (unpaired) electrons. The number of nitrogens with zero attached hydrogens (tertiary/aromatic N) is 3. The lowest BCUT2D eigenvalue weighted by Crippen LogP contribution is -2.35. The highest BCUT2D eigenvalue weighted by atomic mass is 16.5. The van der Waals surface area contributed by atoms with Crippen molar-refractivity contribution in [3.63, 3.8) is 0 Å². The fraction of sp³-hybridized carbons (Fsp3) is 0.577. The number of rotatable bonds is 9. The van der Waals surface area contributed by atoms with E-state index in [1.165, 1.54) is 0 Å². The Morgan fingerprint density at radius 2 is 1.94 bits per heavy atom. The number of hydrogen-bond donors (Lipinski definition) is 5. The van der Waals surface area contributed by atoms with Gasteiger partial charge in [-0.15, -0.1) is 0 Å². The van der Waals surface area contributed by atoms with Crippen molar-refractivity contribution in [3.05, 3.63) is 24.0 Å². The zero-order chi connectivity index (χ0) is 26.0. The van der Waals surface area contributed by atoms with Crippen molar-refractivity contribution < 1.29 is 24.5 Å². The maximum atomic E-state index is 10.6. The maximum Gasteiger partial charge on any atom is 0.224 e. The summed E-state index contributed by atoms with van der Waals surface area (Å²) in [5.41, 5.74) is 1.96. The first kappa shape index (κ1) is 26.1. The van der Waals surface area contributed by atoms with Crippen LogP contribution in [0, 0.1) is 18.3 Å². The molecule has 10 nitrogen and oxygen atoms in total. The van der Waals surface area contributed by atoms with Gasteiger partial charge >= 0.3 is 0 Å². The van der Waals surface area contributed by atoms with E-state index in [1.807, 2.05) is 26.0 Å². The molecule has 1 aliphatic rings. The summed E-state index contributed by atoms with van der Waals surface area (Å²) in [6.45, 7) is 11.3. The van der Waals surface area contributed by atoms with Crippen molar-refractivity contribution in [1.29, 1.82) is 0 Å². The molecular formula is C26H37N5O5. The minimum atomic E-state index is -1.05. The molecule has 196 valence electrons. The van der Waals surface area contributed by atoms with E-state index < -0.39 is 24.2 Å². The van der Waals surface area contributed by atoms with E-state index >= 15 is 0 Å². The van der Waals surface area contributed by atoms with Gasteiger partial charge in [0.2, 0.25) is 11.8 Å². The maximum absolute atomic E-state index is 10.6. The van der Waals surface area contributed by atoms with E-state index in [1.54, 1.807) is 6.20 Å². The van der Waals surface area contributed by atoms with E-state index in [0.29, 0.717) is 59.8 Å². The standard InChI is InChI=1S/C26H37N5O5/c1-6-7-35-20-10-15-9-18(36-19(15)11-27-20)21-14(2)29-25(28-13-26(3,4)5)31-24(21)30-17-8-16(12-32)22(33)23(17)34/h9-11,16-17,22-23,32-34H,6-8,12-13H2,1-5H3,(H2,28,29,30,31)/t16-,17-,22-,23+/m1/s1. The Kier molecular flexibility index (Phi) is 7.67. The van der Waals surface area contributed by atoms with Crippen LogP contribution in [-0.4, -0.2) is 68.3 Å². The number of nitrogens with one attached hydrogen (secondary N) is 2. The number of aryl methyl sites for hydroxylation is 1. The average molecular weight is 500 g/mol. The monoisotopic (exact) mass is 499 g/mol. The molecule has 0 amide bonds. The van der Waals surface area contributed by atoms with E-state index in [4.69, 9.17) is 14.1 Å². The van der Waals surface area contributed by atoms with Crippen LogP contribution in [0.25, 0.3) is 22.3 Å². The number of aromatic nitrogens is 3. The van der Waals surface area contributed by atoms with Gasteiger partial charge in [-0.3, -0.25) is 0 Å². The fourth-order valence-electron chi connectivity index (χ4n) is 4.35. The molecule has 1 saturated carbocycles. The normalized spacial score (nSPS) is 22.2. The molecule has 1 fully saturated rings. The summed E-state index contributed by atoms with van der Waals surface area (Å²) < 4.78 is 11.8. The lowest BCUT2D eigenvalue weighted by Gasteiger charge is -2.22. The third-order valence-electron chi connectivity index (χ3n) is 6.30. The van der Waals surface area contributed by atoms with Crippen LogP contribution in [0.5, 0.6) is 5.88 Å². The smallest absolute Gasteiger partial charge is 0.224 e. The lowest BCUT2D eigenvalue weighted by atomic mass is 9.97. The molecule has 0 aromatic carbocycles. The van der Waals surface area contributed by atoms with Gasteiger partial charge in [-0.25, -0.2) is 9.97 Å². The summed E-state index contributed by atoms with van der Waals surface area (Å²) in [7, 11) is 0. The largest absolute Gasteiger partial charge is 0.478 e. The van der Waals surface area contributed by atoms with Crippen molar-refractivity contribution in [2.24, 2.45) is 11.3 Å². The summed E-state index contributed by atoms with van der Waals surface area (Å²) in [4.78, 5) is 13.7. The Hall–Kier alpha value is -2.95. The summed E-state index contributed by atoms with van der Waals surface area (Å²) in [5, 5.41) is 38.0. The molecular weight excluding hydrogens is 462 g/mol. The zero-order valence-corrected chi connectivity index (χ0v) is 21.6. The first-order valence-corrected chi connectivity index (χ1v) is 12.5. The molecule has 0 bridgehead atoms. The number of furan rings is 1. The quantitative estimate of drug-likeness (QED) is 0.297. The van der Waals surface area contributed by atoms with Gasteiger partial charge in [-0.2, -0.15) is 4.98 Å². The second-order valence-corrected chi connectivity index (χ2v) is 10.7. The van der Waals surface area contributed by atoms with Crippen LogP contribution in [0.2, 0.25) is 0 Å². The Bertz CT molecular complexity index is 1190. The van der Waals surface area contributed by atoms with Crippen molar-refractivity contribution >= 4 is 22.7 Å². The average Bonchev–Trinajstić information content (AvgIpc) is 3.36. The molecule has 1 aliphatic carbocycles. The van der Waals surface area contributed by atoms with Gasteiger partial charge in [0.15, 0.2) is 5.58 Å². The number of ether oxygens (including phenoxy) is 1. The second-order valence-electron chi connectivity index (χ2n) is 10.7. The minimum absolute atomic E-state index is 0.0208. The van der Waals surface area contributed by atoms with Gasteiger partial charge < -0.3 is 35.1 Å². The predicted molar refractivity (Wildman–Crippen MR) is 138 cm³/mol. The van der Waals surface area contributed by atoms with Gasteiger partial charge in [0.1, 0.15) is 17.7 Å². The molecule has 0 spiro atoms. The highest BCUT2D eigenvalue weighted by Crippen LogP contribution is 2.37. The number of fused-ring (bicyclic) bond motifs is 1. The molecule has 5 N–H and O–H groups in total. The molecule has 10 heteroatoms. The van der Waals surface area contributed by atoms with Crippen molar-refractivity contribution in [2.75, 3.05) is 30.4 Å². The van der Waals surface area contributed by atoms with Crippen LogP contribution >= 0.6 is 0 Å². The second kappa shape index (κ2) is 10.6. The first-order valence-electron chi connectivity index (χ1n) is 12.5. The zero-order valence-electron chi connectivity index (χ0n) is 21.6. The van der Waals surface area contributed by atoms with Crippen LogP contribution in [0.3, 0.4) is 0 Å². The number of aliphatic hydroxyl groups excluding tert-OH is 3. The lowest BCUT2D eigenvalue weighted by molar-refractivity contribution is 0.00446. The Balaban J connectivity index is 1.73. The van der Waals surface area contributed by atoms with Gasteiger partial charge in [0, 0.05) is 30.5 Å². The summed E-state index contributed by atoms with van der Waals surface area (Å²) in [6, 6.07) is 3.23. The number of aliphatic hydroxyl groups is 3. The summed E-state index contributed by atoms with van der Waals surface area (Å²) >= 11 is 0. The molecule has 36 heavy (non-hydrogen) atoms. The number of pyridine rings is 1. The number of anilines is 2. The summed E-state index contributed by atoms with van der Waals surface area (Å²) in [5.74, 6) is 1.59. The van der Waals surface area contributed by atoms with Crippen LogP contribution in [0.1, 0.15) is 46.2 Å². The van der Waals surface area contributed by atoms with Crippen LogP contribution in [0.4, 0.5) is 11.8 Å². The first-order chi connectivity index (χ1) is 17.1. The number of hydrogen-bond acceptors (Lipinski definition) is 10. The molecule has 0 unspecified atom stereocenters. The highest BCUT2D eigenvalue weighted by Gasteiger charge is 2.41. The van der Waals surface area contributed by atoms with E-state index in [-0.39, 0.29) is 12.0 Å². The third-order valence-corrected chi connectivity index (χ3v) is 6.30. The Morgan fingerprint density at radius 3 is 2.61 bits per heavy atom. The molecule has 3 aromatic rings. The molecule has 4 atom stereocenters. The third kappa shape index (κ3) is 5.71. The molecule has 4 rings (SSSR count). The van der Waals surface area contributed by atoms with E-state index in [2.05, 4.69) is 41.4 Å².